The standard InChI is InChI=1S/C15H21N3/c1-17(13-9-16-10-13)8-7-12-11-18(2)15-6-4-3-5-14(12)15/h3-6,11,13,16H,7-10H2,1-2H3. The molecule has 0 aliphatic carbocycles. The second-order valence-electron chi connectivity index (χ2n) is 5.33. The topological polar surface area (TPSA) is 20.2 Å². The van der Waals surface area contributed by atoms with Gasteiger partial charge in [-0.2, -0.15) is 0 Å². The zero-order chi connectivity index (χ0) is 12.5. The molecule has 2 heterocycles. The Kier molecular flexibility index (Phi) is 3.10. The van der Waals surface area contributed by atoms with Gasteiger partial charge >= 0.3 is 0 Å². The predicted octanol–water partition coefficient (Wildman–Crippen LogP) is 1.62. The second kappa shape index (κ2) is 4.75. The van der Waals surface area contributed by atoms with Gasteiger partial charge in [0.05, 0.1) is 0 Å². The first kappa shape index (κ1) is 11.8. The Hall–Kier alpha value is -1.32. The number of aromatic nitrogens is 1. The molecule has 1 aromatic carbocycles. The van der Waals surface area contributed by atoms with Crippen LogP contribution in [0.1, 0.15) is 5.56 Å². The molecule has 2 aromatic rings. The number of benzene rings is 1. The Labute approximate surface area is 108 Å². The molecule has 1 aliphatic rings. The van der Waals surface area contributed by atoms with Crippen molar-refractivity contribution in [3.05, 3.63) is 36.0 Å². The molecule has 1 aromatic heterocycles. The zero-order valence-electron chi connectivity index (χ0n) is 11.2. The molecular weight excluding hydrogens is 222 g/mol. The van der Waals surface area contributed by atoms with Gasteiger partial charge in [-0.1, -0.05) is 18.2 Å². The van der Waals surface area contributed by atoms with E-state index in [4.69, 9.17) is 0 Å². The summed E-state index contributed by atoms with van der Waals surface area (Å²) in [6, 6.07) is 9.40. The Balaban J connectivity index is 1.74. The molecule has 0 unspecified atom stereocenters. The first-order valence-electron chi connectivity index (χ1n) is 6.69. The summed E-state index contributed by atoms with van der Waals surface area (Å²) >= 11 is 0. The third-order valence-corrected chi connectivity index (χ3v) is 4.10. The molecule has 1 fully saturated rings. The number of nitrogens with zero attached hydrogens (tertiary/aromatic N) is 2. The molecule has 1 saturated heterocycles. The number of para-hydroxylation sites is 1. The Bertz CT molecular complexity index is 540. The summed E-state index contributed by atoms with van der Waals surface area (Å²) in [7, 11) is 4.36. The highest BCUT2D eigenvalue weighted by Crippen LogP contribution is 2.21. The smallest absolute Gasteiger partial charge is 0.0480 e. The van der Waals surface area contributed by atoms with Crippen molar-refractivity contribution < 1.29 is 0 Å². The fourth-order valence-corrected chi connectivity index (χ4v) is 2.69. The van der Waals surface area contributed by atoms with Crippen LogP contribution in [0.15, 0.2) is 30.5 Å². The van der Waals surface area contributed by atoms with Crippen molar-refractivity contribution >= 4 is 10.9 Å². The molecule has 1 aliphatic heterocycles. The Morgan fingerprint density at radius 1 is 1.33 bits per heavy atom. The summed E-state index contributed by atoms with van der Waals surface area (Å²) in [5, 5.41) is 4.73. The fraction of sp³-hybridized carbons (Fsp3) is 0.467. The van der Waals surface area contributed by atoms with Gasteiger partial charge < -0.3 is 14.8 Å². The first-order chi connectivity index (χ1) is 8.75. The lowest BCUT2D eigenvalue weighted by Crippen LogP contribution is -2.56. The van der Waals surface area contributed by atoms with E-state index in [1.54, 1.807) is 0 Å². The van der Waals surface area contributed by atoms with Crippen molar-refractivity contribution in [1.29, 1.82) is 0 Å². The lowest BCUT2D eigenvalue weighted by Gasteiger charge is -2.35. The lowest BCUT2D eigenvalue weighted by molar-refractivity contribution is 0.182. The van der Waals surface area contributed by atoms with Crippen molar-refractivity contribution in [2.24, 2.45) is 7.05 Å². The van der Waals surface area contributed by atoms with Crippen molar-refractivity contribution in [3.63, 3.8) is 0 Å². The summed E-state index contributed by atoms with van der Waals surface area (Å²) in [5.41, 5.74) is 2.80. The fourth-order valence-electron chi connectivity index (χ4n) is 2.69. The summed E-state index contributed by atoms with van der Waals surface area (Å²) in [6.07, 6.45) is 3.41. The van der Waals surface area contributed by atoms with E-state index >= 15 is 0 Å². The zero-order valence-corrected chi connectivity index (χ0v) is 11.2. The van der Waals surface area contributed by atoms with Crippen LogP contribution in [0.2, 0.25) is 0 Å². The molecule has 3 rings (SSSR count). The summed E-state index contributed by atoms with van der Waals surface area (Å²) in [6.45, 7) is 3.43. The number of fused-ring (bicyclic) bond motifs is 1. The van der Waals surface area contributed by atoms with Crippen LogP contribution in [-0.4, -0.2) is 42.2 Å². The quantitative estimate of drug-likeness (QED) is 0.880. The summed E-state index contributed by atoms with van der Waals surface area (Å²) in [5.74, 6) is 0. The SMILES string of the molecule is CN(CCc1cn(C)c2ccccc12)C1CNC1. The van der Waals surface area contributed by atoms with Crippen molar-refractivity contribution in [2.75, 3.05) is 26.7 Å². The Morgan fingerprint density at radius 2 is 2.11 bits per heavy atom. The minimum Gasteiger partial charge on any atom is -0.350 e. The third kappa shape index (κ3) is 2.04. The first-order valence-corrected chi connectivity index (χ1v) is 6.69. The molecule has 0 bridgehead atoms. The van der Waals surface area contributed by atoms with Crippen LogP contribution >= 0.6 is 0 Å². The van der Waals surface area contributed by atoms with Crippen LogP contribution in [0.3, 0.4) is 0 Å². The normalized spacial score (nSPS) is 16.4. The van der Waals surface area contributed by atoms with Gasteiger partial charge in [0.25, 0.3) is 0 Å². The largest absolute Gasteiger partial charge is 0.350 e. The average molecular weight is 243 g/mol. The molecule has 0 radical (unpaired) electrons. The highest BCUT2D eigenvalue weighted by atomic mass is 15.2. The maximum Gasteiger partial charge on any atom is 0.0480 e. The van der Waals surface area contributed by atoms with Gasteiger partial charge in [0.2, 0.25) is 0 Å². The van der Waals surface area contributed by atoms with Crippen molar-refractivity contribution in [1.82, 2.24) is 14.8 Å². The van der Waals surface area contributed by atoms with Gasteiger partial charge in [0.15, 0.2) is 0 Å². The van der Waals surface area contributed by atoms with Crippen LogP contribution in [0.5, 0.6) is 0 Å². The number of hydrogen-bond donors (Lipinski definition) is 1. The molecular formula is C15H21N3. The third-order valence-electron chi connectivity index (χ3n) is 4.10. The van der Waals surface area contributed by atoms with E-state index in [0.717, 1.165) is 32.1 Å². The molecule has 0 spiro atoms. The van der Waals surface area contributed by atoms with Crippen LogP contribution in [0, 0.1) is 0 Å². The number of hydrogen-bond acceptors (Lipinski definition) is 2. The van der Waals surface area contributed by atoms with E-state index < -0.39 is 0 Å². The molecule has 0 atom stereocenters. The van der Waals surface area contributed by atoms with Crippen LogP contribution in [-0.2, 0) is 13.5 Å². The van der Waals surface area contributed by atoms with E-state index in [1.807, 2.05) is 0 Å². The minimum absolute atomic E-state index is 0.736. The van der Waals surface area contributed by atoms with E-state index in [2.05, 4.69) is 59.3 Å². The molecule has 18 heavy (non-hydrogen) atoms. The van der Waals surface area contributed by atoms with Gasteiger partial charge in [-0.25, -0.2) is 0 Å². The number of aryl methyl sites for hydroxylation is 1. The van der Waals surface area contributed by atoms with Gasteiger partial charge in [-0.05, 0) is 25.1 Å². The summed E-state index contributed by atoms with van der Waals surface area (Å²) < 4.78 is 2.23. The van der Waals surface area contributed by atoms with Crippen molar-refractivity contribution in [2.45, 2.75) is 12.5 Å². The van der Waals surface area contributed by atoms with E-state index in [0.29, 0.717) is 0 Å². The number of nitrogens with one attached hydrogen (secondary N) is 1. The van der Waals surface area contributed by atoms with Crippen molar-refractivity contribution in [3.8, 4) is 0 Å². The molecule has 3 heteroatoms. The maximum atomic E-state index is 3.33. The number of rotatable bonds is 4. The highest BCUT2D eigenvalue weighted by Gasteiger charge is 2.21. The highest BCUT2D eigenvalue weighted by molar-refractivity contribution is 5.83. The van der Waals surface area contributed by atoms with E-state index in [-0.39, 0.29) is 0 Å². The van der Waals surface area contributed by atoms with Gasteiger partial charge in [0, 0.05) is 49.8 Å². The number of likely N-dealkylation sites (N-methyl/N-ethyl adjacent to an activating group) is 1. The van der Waals surface area contributed by atoms with Gasteiger partial charge in [0.1, 0.15) is 0 Å². The monoisotopic (exact) mass is 243 g/mol. The van der Waals surface area contributed by atoms with Gasteiger partial charge in [-0.15, -0.1) is 0 Å². The van der Waals surface area contributed by atoms with Crippen LogP contribution in [0.4, 0.5) is 0 Å². The Morgan fingerprint density at radius 3 is 2.83 bits per heavy atom. The molecule has 0 amide bonds. The molecule has 1 N–H and O–H groups in total. The maximum absolute atomic E-state index is 3.33. The van der Waals surface area contributed by atoms with E-state index in [1.165, 1.54) is 16.5 Å². The minimum atomic E-state index is 0.736. The predicted molar refractivity (Wildman–Crippen MR) is 75.9 cm³/mol. The molecule has 3 nitrogen and oxygen atoms in total. The van der Waals surface area contributed by atoms with Crippen LogP contribution in [0.25, 0.3) is 10.9 Å². The van der Waals surface area contributed by atoms with Gasteiger partial charge in [-0.3, -0.25) is 0 Å². The van der Waals surface area contributed by atoms with Crippen LogP contribution < -0.4 is 5.32 Å². The van der Waals surface area contributed by atoms with E-state index in [9.17, 15) is 0 Å². The molecule has 96 valence electrons. The second-order valence-corrected chi connectivity index (χ2v) is 5.33. The lowest BCUT2D eigenvalue weighted by atomic mass is 10.1. The summed E-state index contributed by atoms with van der Waals surface area (Å²) in [4.78, 5) is 2.47. The molecule has 0 saturated carbocycles. The average Bonchev–Trinajstić information content (AvgIpc) is 2.62.